The van der Waals surface area contributed by atoms with Crippen molar-refractivity contribution in [3.8, 4) is 0 Å². The Kier molecular flexibility index (Phi) is 5.60. The minimum absolute atomic E-state index is 0.124. The van der Waals surface area contributed by atoms with Crippen LogP contribution in [0.1, 0.15) is 44.5 Å². The van der Waals surface area contributed by atoms with E-state index in [1.807, 2.05) is 0 Å². The van der Waals surface area contributed by atoms with E-state index >= 15 is 0 Å². The molecule has 5 nitrogen and oxygen atoms in total. The fraction of sp³-hybridized carbons (Fsp3) is 0.278. The lowest BCUT2D eigenvalue weighted by Crippen LogP contribution is -2.34. The number of hydrogen-bond acceptors (Lipinski definition) is 4. The molecule has 1 aromatic carbocycles. The Bertz CT molecular complexity index is 877. The van der Waals surface area contributed by atoms with Gasteiger partial charge in [0.25, 0.3) is 11.8 Å². The second-order valence-electron chi connectivity index (χ2n) is 6.34. The number of primary amides is 1. The second kappa shape index (κ2) is 7.73. The summed E-state index contributed by atoms with van der Waals surface area (Å²) in [5.41, 5.74) is 7.52. The Morgan fingerprint density at radius 2 is 2.00 bits per heavy atom. The zero-order valence-electron chi connectivity index (χ0n) is 14.1. The van der Waals surface area contributed by atoms with Crippen LogP contribution in [-0.2, 0) is 12.8 Å². The molecule has 0 saturated heterocycles. The van der Waals surface area contributed by atoms with E-state index in [-0.39, 0.29) is 11.0 Å². The van der Waals surface area contributed by atoms with Gasteiger partial charge in [-0.3, -0.25) is 14.9 Å². The Hall–Kier alpha value is -1.96. The number of halogens is 1. The highest BCUT2D eigenvalue weighted by molar-refractivity contribution is 7.80. The summed E-state index contributed by atoms with van der Waals surface area (Å²) in [7, 11) is 0. The highest BCUT2D eigenvalue weighted by atomic mass is 35.5. The number of thiocarbonyl (C=S) groups is 1. The van der Waals surface area contributed by atoms with Gasteiger partial charge in [-0.1, -0.05) is 18.5 Å². The molecule has 0 fully saturated rings. The number of nitrogens with one attached hydrogen (secondary N) is 2. The largest absolute Gasteiger partial charge is 0.365 e. The zero-order chi connectivity index (χ0) is 18.8. The maximum Gasteiger partial charge on any atom is 0.257 e. The van der Waals surface area contributed by atoms with Crippen LogP contribution in [0, 0.1) is 5.92 Å². The molecule has 0 spiro atoms. The van der Waals surface area contributed by atoms with Gasteiger partial charge in [0.05, 0.1) is 5.56 Å². The monoisotopic (exact) mass is 407 g/mol. The van der Waals surface area contributed by atoms with Gasteiger partial charge < -0.3 is 11.1 Å². The van der Waals surface area contributed by atoms with Gasteiger partial charge in [-0.05, 0) is 67.2 Å². The number of rotatable bonds is 3. The first kappa shape index (κ1) is 18.8. The van der Waals surface area contributed by atoms with Crippen LogP contribution in [0.4, 0.5) is 5.00 Å². The van der Waals surface area contributed by atoms with Crippen molar-refractivity contribution in [2.24, 2.45) is 11.7 Å². The fourth-order valence-corrected chi connectivity index (χ4v) is 4.82. The van der Waals surface area contributed by atoms with E-state index < -0.39 is 5.91 Å². The summed E-state index contributed by atoms with van der Waals surface area (Å²) in [5, 5.41) is 6.85. The summed E-state index contributed by atoms with van der Waals surface area (Å²) in [6, 6.07) is 6.49. The molecule has 2 aromatic rings. The van der Waals surface area contributed by atoms with Gasteiger partial charge in [-0.25, -0.2) is 0 Å². The average molecular weight is 408 g/mol. The highest BCUT2D eigenvalue weighted by Crippen LogP contribution is 2.39. The first-order valence-corrected chi connectivity index (χ1v) is 9.77. The molecular formula is C18H18ClN3O2S2. The van der Waals surface area contributed by atoms with E-state index in [0.29, 0.717) is 27.1 Å². The van der Waals surface area contributed by atoms with Gasteiger partial charge in [0.1, 0.15) is 5.00 Å². The first-order chi connectivity index (χ1) is 12.3. The molecule has 0 aliphatic heterocycles. The molecule has 1 aliphatic carbocycles. The van der Waals surface area contributed by atoms with Crippen LogP contribution in [0.5, 0.6) is 0 Å². The van der Waals surface area contributed by atoms with Crippen molar-refractivity contribution in [1.82, 2.24) is 5.32 Å². The smallest absolute Gasteiger partial charge is 0.257 e. The SMILES string of the molecule is C[C@H]1CCc2c(sc(NC(=S)NC(=O)c3ccc(Cl)cc3)c2C(N)=O)C1. The van der Waals surface area contributed by atoms with Gasteiger partial charge in [-0.15, -0.1) is 11.3 Å². The average Bonchev–Trinajstić information content (AvgIpc) is 2.91. The molecule has 136 valence electrons. The Balaban J connectivity index is 1.76. The van der Waals surface area contributed by atoms with Crippen LogP contribution in [0.3, 0.4) is 0 Å². The zero-order valence-corrected chi connectivity index (χ0v) is 16.5. The molecule has 0 radical (unpaired) electrons. The molecule has 26 heavy (non-hydrogen) atoms. The number of carbonyl (C=O) groups excluding carboxylic acids is 2. The van der Waals surface area contributed by atoms with E-state index in [4.69, 9.17) is 29.6 Å². The molecule has 0 bridgehead atoms. The van der Waals surface area contributed by atoms with Gasteiger partial charge >= 0.3 is 0 Å². The van der Waals surface area contributed by atoms with Gasteiger partial charge in [0.2, 0.25) is 0 Å². The lowest BCUT2D eigenvalue weighted by atomic mass is 9.88. The van der Waals surface area contributed by atoms with Gasteiger partial charge in [-0.2, -0.15) is 0 Å². The summed E-state index contributed by atoms with van der Waals surface area (Å²) in [6.07, 6.45) is 2.78. The standard InChI is InChI=1S/C18H18ClN3O2S2/c1-9-2-7-12-13(8-9)26-17(14(12)15(20)23)22-18(25)21-16(24)10-3-5-11(19)6-4-10/h3-6,9H,2,7-8H2,1H3,(H2,20,23)(H2,21,22,24,25)/t9-/m0/s1. The number of nitrogens with two attached hydrogens (primary N) is 1. The quantitative estimate of drug-likeness (QED) is 0.676. The molecule has 4 N–H and O–H groups in total. The summed E-state index contributed by atoms with van der Waals surface area (Å²) < 4.78 is 0. The first-order valence-electron chi connectivity index (χ1n) is 8.17. The Labute approximate surface area is 165 Å². The van der Waals surface area contributed by atoms with Crippen molar-refractivity contribution in [1.29, 1.82) is 0 Å². The van der Waals surface area contributed by atoms with Gasteiger partial charge in [0.15, 0.2) is 5.11 Å². The number of anilines is 1. The highest BCUT2D eigenvalue weighted by Gasteiger charge is 2.27. The third-order valence-corrected chi connectivity index (χ3v) is 5.94. The topological polar surface area (TPSA) is 84.2 Å². The van der Waals surface area contributed by atoms with Crippen molar-refractivity contribution in [3.63, 3.8) is 0 Å². The molecule has 1 atom stereocenters. The van der Waals surface area contributed by atoms with Crippen LogP contribution in [0.15, 0.2) is 24.3 Å². The number of benzene rings is 1. The number of fused-ring (bicyclic) bond motifs is 1. The van der Waals surface area contributed by atoms with E-state index in [1.165, 1.54) is 11.3 Å². The van der Waals surface area contributed by atoms with E-state index in [0.717, 1.165) is 29.7 Å². The maximum absolute atomic E-state index is 12.2. The predicted octanol–water partition coefficient (Wildman–Crippen LogP) is 3.75. The van der Waals surface area contributed by atoms with Crippen LogP contribution < -0.4 is 16.4 Å². The fourth-order valence-electron chi connectivity index (χ4n) is 3.01. The third-order valence-electron chi connectivity index (χ3n) is 4.32. The number of amides is 2. The van der Waals surface area contributed by atoms with E-state index in [2.05, 4.69) is 17.6 Å². The number of hydrogen-bond donors (Lipinski definition) is 3. The summed E-state index contributed by atoms with van der Waals surface area (Å²) >= 11 is 12.5. The van der Waals surface area contributed by atoms with Crippen LogP contribution in [-0.4, -0.2) is 16.9 Å². The minimum Gasteiger partial charge on any atom is -0.365 e. The van der Waals surface area contributed by atoms with Crippen LogP contribution in [0.2, 0.25) is 5.02 Å². The Morgan fingerprint density at radius 1 is 1.31 bits per heavy atom. The van der Waals surface area contributed by atoms with Crippen molar-refractivity contribution in [3.05, 3.63) is 50.9 Å². The lowest BCUT2D eigenvalue weighted by molar-refractivity contribution is 0.0975. The van der Waals surface area contributed by atoms with Crippen molar-refractivity contribution >= 4 is 57.1 Å². The summed E-state index contributed by atoms with van der Waals surface area (Å²) in [4.78, 5) is 25.3. The number of carbonyl (C=O) groups is 2. The molecule has 1 aliphatic rings. The van der Waals surface area contributed by atoms with Crippen molar-refractivity contribution < 1.29 is 9.59 Å². The lowest BCUT2D eigenvalue weighted by Gasteiger charge is -2.18. The van der Waals surface area contributed by atoms with Crippen molar-refractivity contribution in [2.45, 2.75) is 26.2 Å². The summed E-state index contributed by atoms with van der Waals surface area (Å²) in [5.74, 6) is -0.257. The van der Waals surface area contributed by atoms with Gasteiger partial charge in [0, 0.05) is 15.5 Å². The molecule has 0 unspecified atom stereocenters. The molecular weight excluding hydrogens is 390 g/mol. The molecule has 2 amide bonds. The number of thiophene rings is 1. The van der Waals surface area contributed by atoms with E-state index in [1.54, 1.807) is 24.3 Å². The normalized spacial score (nSPS) is 15.8. The predicted molar refractivity (Wildman–Crippen MR) is 109 cm³/mol. The molecule has 8 heteroatoms. The molecule has 3 rings (SSSR count). The molecule has 0 saturated carbocycles. The van der Waals surface area contributed by atoms with Crippen LogP contribution in [0.25, 0.3) is 0 Å². The maximum atomic E-state index is 12.2. The second-order valence-corrected chi connectivity index (χ2v) is 8.29. The molecule has 1 aromatic heterocycles. The Morgan fingerprint density at radius 3 is 2.65 bits per heavy atom. The molecule has 1 heterocycles. The minimum atomic E-state index is -0.480. The summed E-state index contributed by atoms with van der Waals surface area (Å²) in [6.45, 7) is 2.19. The van der Waals surface area contributed by atoms with Crippen molar-refractivity contribution in [2.75, 3.05) is 5.32 Å². The van der Waals surface area contributed by atoms with Crippen LogP contribution >= 0.6 is 35.2 Å². The third kappa shape index (κ3) is 4.06. The van der Waals surface area contributed by atoms with E-state index in [9.17, 15) is 9.59 Å².